The van der Waals surface area contributed by atoms with Crippen molar-refractivity contribution < 1.29 is 4.79 Å². The van der Waals surface area contributed by atoms with Gasteiger partial charge in [0.1, 0.15) is 11.4 Å². The van der Waals surface area contributed by atoms with Crippen molar-refractivity contribution in [3.05, 3.63) is 57.3 Å². The first-order valence-corrected chi connectivity index (χ1v) is 7.18. The molecule has 0 saturated carbocycles. The van der Waals surface area contributed by atoms with Gasteiger partial charge in [0, 0.05) is 5.69 Å². The average molecular weight is 299 g/mol. The minimum absolute atomic E-state index is 0.0503. The van der Waals surface area contributed by atoms with E-state index in [0.29, 0.717) is 17.2 Å². The fourth-order valence-corrected chi connectivity index (χ4v) is 2.42. The number of aromatic amines is 1. The lowest BCUT2D eigenvalue weighted by Crippen LogP contribution is -2.27. The summed E-state index contributed by atoms with van der Waals surface area (Å²) in [7, 11) is 0. The summed E-state index contributed by atoms with van der Waals surface area (Å²) >= 11 is 0. The zero-order valence-corrected chi connectivity index (χ0v) is 13.6. The van der Waals surface area contributed by atoms with Gasteiger partial charge in [-0.3, -0.25) is 9.59 Å². The SMILES string of the molecule is Cc1nc(C)c(C(=O)Nc2ccccc2C(C)(C)C)c(=O)[nH]1. The van der Waals surface area contributed by atoms with Gasteiger partial charge in [-0.05, 0) is 30.9 Å². The van der Waals surface area contributed by atoms with Crippen LogP contribution in [0.1, 0.15) is 48.2 Å². The van der Waals surface area contributed by atoms with Crippen molar-refractivity contribution in [1.29, 1.82) is 0 Å². The summed E-state index contributed by atoms with van der Waals surface area (Å²) in [6, 6.07) is 7.60. The number of nitrogens with one attached hydrogen (secondary N) is 2. The summed E-state index contributed by atoms with van der Waals surface area (Å²) in [6.07, 6.45) is 0. The monoisotopic (exact) mass is 299 g/mol. The number of carbonyl (C=O) groups excluding carboxylic acids is 1. The first-order chi connectivity index (χ1) is 10.2. The van der Waals surface area contributed by atoms with Crippen LogP contribution in [-0.4, -0.2) is 15.9 Å². The number of rotatable bonds is 2. The Hall–Kier alpha value is -2.43. The van der Waals surface area contributed by atoms with Gasteiger partial charge in [0.25, 0.3) is 11.5 Å². The molecule has 2 aromatic rings. The second-order valence-electron chi connectivity index (χ2n) is 6.36. The first kappa shape index (κ1) is 15.9. The Morgan fingerprint density at radius 3 is 2.41 bits per heavy atom. The fraction of sp³-hybridized carbons (Fsp3) is 0.353. The number of benzene rings is 1. The van der Waals surface area contributed by atoms with Gasteiger partial charge in [0.05, 0.1) is 5.69 Å². The van der Waals surface area contributed by atoms with E-state index >= 15 is 0 Å². The highest BCUT2D eigenvalue weighted by atomic mass is 16.2. The second kappa shape index (κ2) is 5.75. The van der Waals surface area contributed by atoms with E-state index < -0.39 is 11.5 Å². The molecule has 1 aromatic heterocycles. The van der Waals surface area contributed by atoms with Crippen molar-refractivity contribution in [2.45, 2.75) is 40.0 Å². The van der Waals surface area contributed by atoms with Crippen molar-refractivity contribution in [2.75, 3.05) is 5.32 Å². The molecule has 0 aliphatic heterocycles. The number of para-hydroxylation sites is 1. The molecule has 0 aliphatic rings. The summed E-state index contributed by atoms with van der Waals surface area (Å²) in [5, 5.41) is 2.84. The lowest BCUT2D eigenvalue weighted by molar-refractivity contribution is 0.102. The molecule has 5 heteroatoms. The van der Waals surface area contributed by atoms with Gasteiger partial charge in [0.2, 0.25) is 0 Å². The summed E-state index contributed by atoms with van der Waals surface area (Å²) in [5.41, 5.74) is 1.66. The number of amides is 1. The molecule has 5 nitrogen and oxygen atoms in total. The lowest BCUT2D eigenvalue weighted by Gasteiger charge is -2.23. The predicted molar refractivity (Wildman–Crippen MR) is 87.4 cm³/mol. The van der Waals surface area contributed by atoms with E-state index in [9.17, 15) is 9.59 Å². The maximum absolute atomic E-state index is 12.5. The maximum Gasteiger partial charge on any atom is 0.264 e. The third-order valence-electron chi connectivity index (χ3n) is 3.43. The standard InChI is InChI=1S/C17H21N3O2/c1-10-14(15(21)19-11(2)18-10)16(22)20-13-9-7-6-8-12(13)17(3,4)5/h6-9H,1-5H3,(H,20,22)(H,18,19,21). The zero-order chi connectivity index (χ0) is 16.5. The highest BCUT2D eigenvalue weighted by Gasteiger charge is 2.21. The Morgan fingerprint density at radius 1 is 1.18 bits per heavy atom. The van der Waals surface area contributed by atoms with Gasteiger partial charge in [-0.15, -0.1) is 0 Å². The Labute approximate surface area is 129 Å². The maximum atomic E-state index is 12.5. The first-order valence-electron chi connectivity index (χ1n) is 7.18. The number of H-pyrrole nitrogens is 1. The Morgan fingerprint density at radius 2 is 1.82 bits per heavy atom. The number of hydrogen-bond donors (Lipinski definition) is 2. The molecular formula is C17H21N3O2. The minimum atomic E-state index is -0.442. The minimum Gasteiger partial charge on any atom is -0.321 e. The molecule has 2 rings (SSSR count). The number of nitrogens with zero attached hydrogens (tertiary/aromatic N) is 1. The van der Waals surface area contributed by atoms with Crippen LogP contribution in [-0.2, 0) is 5.41 Å². The number of aryl methyl sites for hydroxylation is 2. The number of carbonyl (C=O) groups is 1. The zero-order valence-electron chi connectivity index (χ0n) is 13.6. The van der Waals surface area contributed by atoms with Crippen LogP contribution in [0.2, 0.25) is 0 Å². The van der Waals surface area contributed by atoms with Crippen molar-refractivity contribution in [3.8, 4) is 0 Å². The van der Waals surface area contributed by atoms with Crippen LogP contribution in [0.3, 0.4) is 0 Å². The quantitative estimate of drug-likeness (QED) is 0.895. The van der Waals surface area contributed by atoms with E-state index in [2.05, 4.69) is 36.1 Å². The highest BCUT2D eigenvalue weighted by Crippen LogP contribution is 2.29. The van der Waals surface area contributed by atoms with Crippen LogP contribution in [0.15, 0.2) is 29.1 Å². The molecule has 0 radical (unpaired) electrons. The van der Waals surface area contributed by atoms with Crippen LogP contribution < -0.4 is 10.9 Å². The third kappa shape index (κ3) is 3.24. The van der Waals surface area contributed by atoms with Crippen molar-refractivity contribution in [2.24, 2.45) is 0 Å². The average Bonchev–Trinajstić information content (AvgIpc) is 2.36. The van der Waals surface area contributed by atoms with E-state index in [1.54, 1.807) is 13.8 Å². The van der Waals surface area contributed by atoms with Gasteiger partial charge in [-0.2, -0.15) is 0 Å². The van der Waals surface area contributed by atoms with Crippen LogP contribution >= 0.6 is 0 Å². The van der Waals surface area contributed by atoms with Gasteiger partial charge in [0.15, 0.2) is 0 Å². The van der Waals surface area contributed by atoms with Gasteiger partial charge in [-0.1, -0.05) is 39.0 Å². The van der Waals surface area contributed by atoms with Crippen molar-refractivity contribution >= 4 is 11.6 Å². The summed E-state index contributed by atoms with van der Waals surface area (Å²) in [6.45, 7) is 9.56. The number of anilines is 1. The predicted octanol–water partition coefficient (Wildman–Crippen LogP) is 2.94. The summed E-state index contributed by atoms with van der Waals surface area (Å²) < 4.78 is 0. The van der Waals surface area contributed by atoms with Crippen molar-refractivity contribution in [3.63, 3.8) is 0 Å². The van der Waals surface area contributed by atoms with E-state index in [1.807, 2.05) is 24.3 Å². The summed E-state index contributed by atoms with van der Waals surface area (Å²) in [4.78, 5) is 31.2. The van der Waals surface area contributed by atoms with Crippen LogP contribution in [0.5, 0.6) is 0 Å². The van der Waals surface area contributed by atoms with E-state index in [-0.39, 0.29) is 11.0 Å². The smallest absolute Gasteiger partial charge is 0.264 e. The Balaban J connectivity index is 2.41. The second-order valence-corrected chi connectivity index (χ2v) is 6.36. The molecule has 1 amide bonds. The number of hydrogen-bond acceptors (Lipinski definition) is 3. The topological polar surface area (TPSA) is 74.8 Å². The Kier molecular flexibility index (Phi) is 4.17. The summed E-state index contributed by atoms with van der Waals surface area (Å²) in [5.74, 6) is 0.0529. The molecular weight excluding hydrogens is 278 g/mol. The largest absolute Gasteiger partial charge is 0.321 e. The van der Waals surface area contributed by atoms with E-state index in [4.69, 9.17) is 0 Å². The molecule has 1 aromatic carbocycles. The third-order valence-corrected chi connectivity index (χ3v) is 3.43. The highest BCUT2D eigenvalue weighted by molar-refractivity contribution is 6.05. The normalized spacial score (nSPS) is 11.3. The molecule has 0 atom stereocenters. The van der Waals surface area contributed by atoms with Gasteiger partial charge >= 0.3 is 0 Å². The van der Waals surface area contributed by atoms with Crippen LogP contribution in [0.25, 0.3) is 0 Å². The molecule has 0 fully saturated rings. The van der Waals surface area contributed by atoms with E-state index in [1.165, 1.54) is 0 Å². The Bertz CT molecular complexity index is 770. The molecule has 2 N–H and O–H groups in total. The van der Waals surface area contributed by atoms with E-state index in [0.717, 1.165) is 5.56 Å². The molecule has 1 heterocycles. The fourth-order valence-electron chi connectivity index (χ4n) is 2.42. The lowest BCUT2D eigenvalue weighted by atomic mass is 9.86. The molecule has 22 heavy (non-hydrogen) atoms. The molecule has 0 spiro atoms. The molecule has 0 aliphatic carbocycles. The molecule has 0 unspecified atom stereocenters. The van der Waals surface area contributed by atoms with Gasteiger partial charge < -0.3 is 10.3 Å². The molecule has 0 bridgehead atoms. The molecule has 116 valence electrons. The van der Waals surface area contributed by atoms with Crippen molar-refractivity contribution in [1.82, 2.24) is 9.97 Å². The molecule has 0 saturated heterocycles. The van der Waals surface area contributed by atoms with Gasteiger partial charge in [-0.25, -0.2) is 4.98 Å². The van der Waals surface area contributed by atoms with Crippen LogP contribution in [0.4, 0.5) is 5.69 Å². The van der Waals surface area contributed by atoms with Crippen LogP contribution in [0, 0.1) is 13.8 Å². The number of aromatic nitrogens is 2.